The number of carbonyl (C=O) groups excluding carboxylic acids is 6. The first-order valence-corrected chi connectivity index (χ1v) is 47.0. The Labute approximate surface area is 836 Å². The standard InChI is InChI=1S/C28H31FN4O2.C22H17F5N2O.C22H17F2N3O.C22H20F2N2O.C21H18F2N2O/c29-24-10-7-21(8-11-24)26(20-3-5-22(6-4-20)27(30)34)13-15-31-28(35)23-9-12-25(32-19-23)14-18-33-16-1-2-17-33;23-17-6-1-14(2-7-17)19(15-3-8-18(24)9-4-15)11-12-28-21(30)16-5-10-20(29-13-16)22(25,26)27;23-18-6-1-15(2-7-18)21(16-3-8-19(24)9-4-16)11-12-26-22(28)17-5-10-20(13-25)27-14-17;1-15-2-3-18(14-26-15)22(27)25-13-12-21(16-4-8-19(23)9-5-16)17-6-10-20(24)11-7-17;22-18-5-1-15(2-6-18)20(16-3-7-19(23)8-4-16)11-14-25-21(26)17-9-12-24-13-10-17/h3-12,19,26H,1-2,13-18H2,(H2,30,34)(H,31,35);1-10,13,19H,11-12H2,(H,28,30);1-10,14,21H,11-12H2,(H,26,28);2-11,14,21H,12-13H2,1H3,(H,25,27);1-10,12-13,20H,11,14H2,(H,25,26). The molecular formula is C115H103F12N13O6. The number of nitriles is 1. The van der Waals surface area contributed by atoms with E-state index in [2.05, 4.69) is 56.4 Å². The van der Waals surface area contributed by atoms with Crippen molar-refractivity contribution in [2.45, 2.75) is 94.1 Å². The zero-order valence-corrected chi connectivity index (χ0v) is 79.2. The minimum Gasteiger partial charge on any atom is -0.366 e. The molecule has 1 aliphatic rings. The van der Waals surface area contributed by atoms with Gasteiger partial charge in [0.2, 0.25) is 5.91 Å². The van der Waals surface area contributed by atoms with Gasteiger partial charge in [0, 0.05) is 135 Å². The average Bonchev–Trinajstić information content (AvgIpc) is 1.33. The summed E-state index contributed by atoms with van der Waals surface area (Å²) < 4.78 is 157. The molecule has 15 aromatic rings. The molecule has 0 bridgehead atoms. The van der Waals surface area contributed by atoms with Crippen LogP contribution in [0.15, 0.2) is 340 Å². The van der Waals surface area contributed by atoms with Crippen LogP contribution in [-0.2, 0) is 12.6 Å². The van der Waals surface area contributed by atoms with Gasteiger partial charge in [-0.1, -0.05) is 121 Å². The van der Waals surface area contributed by atoms with Crippen molar-refractivity contribution in [1.82, 2.24) is 56.4 Å². The molecule has 1 fully saturated rings. The van der Waals surface area contributed by atoms with E-state index < -0.39 is 23.7 Å². The van der Waals surface area contributed by atoms with Crippen molar-refractivity contribution in [1.29, 1.82) is 5.26 Å². The van der Waals surface area contributed by atoms with Gasteiger partial charge in [-0.3, -0.25) is 48.7 Å². The second kappa shape index (κ2) is 54.6. The number of carbonyl (C=O) groups is 6. The number of hydrogen-bond acceptors (Lipinski definition) is 13. The molecule has 1 aliphatic heterocycles. The number of amides is 6. The second-order valence-electron chi connectivity index (χ2n) is 34.2. The normalized spacial score (nSPS) is 11.8. The van der Waals surface area contributed by atoms with E-state index in [1.54, 1.807) is 170 Å². The lowest BCUT2D eigenvalue weighted by Gasteiger charge is -2.19. The van der Waals surface area contributed by atoms with Crippen molar-refractivity contribution in [3.05, 3.63) is 505 Å². The minimum atomic E-state index is -4.58. The molecule has 1 atom stereocenters. The number of aromatic nitrogens is 5. The average molecular weight is 1990 g/mol. The fourth-order valence-electron chi connectivity index (χ4n) is 16.3. The highest BCUT2D eigenvalue weighted by atomic mass is 19.4. The third-order valence-electron chi connectivity index (χ3n) is 24.2. The number of halogens is 12. The first-order chi connectivity index (χ1) is 70.4. The predicted molar refractivity (Wildman–Crippen MR) is 532 cm³/mol. The number of hydrogen-bond donors (Lipinski definition) is 6. The van der Waals surface area contributed by atoms with E-state index in [1.807, 2.05) is 37.3 Å². The smallest absolute Gasteiger partial charge is 0.366 e. The van der Waals surface area contributed by atoms with E-state index in [0.717, 1.165) is 111 Å². The topological polar surface area (TPSA) is 280 Å². The fourth-order valence-corrected chi connectivity index (χ4v) is 16.3. The number of primary amides is 1. The molecule has 6 amide bonds. The summed E-state index contributed by atoms with van der Waals surface area (Å²) in [5.74, 6) is -5.47. The summed E-state index contributed by atoms with van der Waals surface area (Å²) in [6.07, 6.45) is 10.2. The Balaban J connectivity index is 0.000000163. The van der Waals surface area contributed by atoms with Crippen LogP contribution in [0.25, 0.3) is 0 Å². The van der Waals surface area contributed by atoms with Crippen LogP contribution in [0.1, 0.15) is 215 Å². The lowest BCUT2D eigenvalue weighted by molar-refractivity contribution is -0.141. The van der Waals surface area contributed by atoms with Gasteiger partial charge in [0.15, 0.2) is 0 Å². The van der Waals surface area contributed by atoms with Gasteiger partial charge < -0.3 is 37.2 Å². The first kappa shape index (κ1) is 108. The Morgan fingerprint density at radius 3 is 0.815 bits per heavy atom. The second-order valence-corrected chi connectivity index (χ2v) is 34.2. The molecule has 6 heterocycles. The molecule has 0 spiro atoms. The van der Waals surface area contributed by atoms with E-state index in [-0.39, 0.29) is 123 Å². The van der Waals surface area contributed by atoms with Gasteiger partial charge >= 0.3 is 6.18 Å². The largest absolute Gasteiger partial charge is 0.433 e. The molecule has 5 aromatic heterocycles. The molecule has 1 unspecified atom stereocenters. The van der Waals surface area contributed by atoms with Crippen molar-refractivity contribution < 1.29 is 81.5 Å². The molecule has 0 saturated carbocycles. The predicted octanol–water partition coefficient (Wildman–Crippen LogP) is 22.4. The highest BCUT2D eigenvalue weighted by Gasteiger charge is 2.33. The van der Waals surface area contributed by atoms with Crippen molar-refractivity contribution in [3.8, 4) is 6.07 Å². The Kier molecular flexibility index (Phi) is 40.4. The molecule has 7 N–H and O–H groups in total. The molecular weight excluding hydrogens is 1890 g/mol. The summed E-state index contributed by atoms with van der Waals surface area (Å²) in [4.78, 5) is 95.0. The lowest BCUT2D eigenvalue weighted by Crippen LogP contribution is -2.26. The summed E-state index contributed by atoms with van der Waals surface area (Å²) in [5, 5.41) is 23.0. The fraction of sp³-hybridized carbons (Fsp3) is 0.200. The molecule has 10 aromatic carbocycles. The number of pyridine rings is 5. The van der Waals surface area contributed by atoms with E-state index in [0.29, 0.717) is 86.1 Å². The number of alkyl halides is 3. The molecule has 19 nitrogen and oxygen atoms in total. The number of aryl methyl sites for hydroxylation is 1. The highest BCUT2D eigenvalue weighted by molar-refractivity contribution is 5.96. The Morgan fingerprint density at radius 1 is 0.322 bits per heavy atom. The number of rotatable bonds is 34. The quantitative estimate of drug-likeness (QED) is 0.0205. The molecule has 748 valence electrons. The molecule has 0 radical (unpaired) electrons. The summed E-state index contributed by atoms with van der Waals surface area (Å²) in [6, 6.07) is 79.7. The minimum absolute atomic E-state index is 0.00288. The maximum atomic E-state index is 13.5. The third-order valence-corrected chi connectivity index (χ3v) is 24.2. The van der Waals surface area contributed by atoms with Gasteiger partial charge in [-0.05, 0) is 303 Å². The van der Waals surface area contributed by atoms with E-state index in [1.165, 1.54) is 140 Å². The van der Waals surface area contributed by atoms with Crippen LogP contribution in [0.5, 0.6) is 0 Å². The van der Waals surface area contributed by atoms with Crippen LogP contribution in [-0.4, -0.2) is 118 Å². The third kappa shape index (κ3) is 33.8. The molecule has 1 saturated heterocycles. The van der Waals surface area contributed by atoms with Crippen LogP contribution >= 0.6 is 0 Å². The molecule has 146 heavy (non-hydrogen) atoms. The number of nitrogens with zero attached hydrogens (tertiary/aromatic N) is 7. The van der Waals surface area contributed by atoms with Gasteiger partial charge in [0.1, 0.15) is 69.8 Å². The summed E-state index contributed by atoms with van der Waals surface area (Å²) >= 11 is 0. The monoisotopic (exact) mass is 1990 g/mol. The van der Waals surface area contributed by atoms with Crippen molar-refractivity contribution in [2.75, 3.05) is 52.4 Å². The molecule has 31 heteroatoms. The Bertz CT molecular complexity index is 6550. The van der Waals surface area contributed by atoms with Crippen LogP contribution in [0.2, 0.25) is 0 Å². The van der Waals surface area contributed by atoms with E-state index in [9.17, 15) is 81.5 Å². The maximum Gasteiger partial charge on any atom is 0.433 e. The van der Waals surface area contributed by atoms with Gasteiger partial charge in [-0.2, -0.15) is 18.4 Å². The first-order valence-electron chi connectivity index (χ1n) is 47.0. The van der Waals surface area contributed by atoms with Gasteiger partial charge in [-0.15, -0.1) is 0 Å². The van der Waals surface area contributed by atoms with Gasteiger partial charge in [0.25, 0.3) is 29.5 Å². The number of likely N-dealkylation sites (tertiary alicyclic amines) is 1. The maximum absolute atomic E-state index is 13.5. The summed E-state index contributed by atoms with van der Waals surface area (Å²) in [7, 11) is 0. The van der Waals surface area contributed by atoms with E-state index in [4.69, 9.17) is 11.0 Å². The highest BCUT2D eigenvalue weighted by Crippen LogP contribution is 2.35. The Hall–Kier alpha value is -16.6. The lowest BCUT2D eigenvalue weighted by atomic mass is 9.88. The number of nitrogens with two attached hydrogens (primary N) is 1. The number of nitrogens with one attached hydrogen (secondary N) is 5. The van der Waals surface area contributed by atoms with Crippen molar-refractivity contribution in [2.24, 2.45) is 5.73 Å². The zero-order valence-electron chi connectivity index (χ0n) is 79.2. The number of benzene rings is 10. The summed E-state index contributed by atoms with van der Waals surface area (Å²) in [5.41, 5.74) is 17.6. The van der Waals surface area contributed by atoms with E-state index >= 15 is 0 Å². The van der Waals surface area contributed by atoms with Crippen molar-refractivity contribution in [3.63, 3.8) is 0 Å². The SMILES string of the molecule is Cc1ccc(C(=O)NCCC(c2ccc(F)cc2)c2ccc(F)cc2)cn1.N#Cc1ccc(C(=O)NCCC(c2ccc(F)cc2)c2ccc(F)cc2)cn1.NC(=O)c1ccc(C(CCNC(=O)c2ccc(CCN3CCCC3)nc2)c2ccc(F)cc2)cc1.O=C(NCCC(c1ccc(F)cc1)c1ccc(F)cc1)c1ccc(C(F)(F)F)nc1.O=C(NCCC(c1ccc(F)cc1)c1ccc(F)cc1)c1ccncc1. The Morgan fingerprint density at radius 2 is 0.575 bits per heavy atom. The van der Waals surface area contributed by atoms with Crippen LogP contribution < -0.4 is 32.3 Å². The van der Waals surface area contributed by atoms with Gasteiger partial charge in [-0.25, -0.2) is 44.5 Å². The van der Waals surface area contributed by atoms with Crippen LogP contribution in [0.3, 0.4) is 0 Å². The van der Waals surface area contributed by atoms with Crippen LogP contribution in [0, 0.1) is 70.6 Å². The molecule has 16 rings (SSSR count). The van der Waals surface area contributed by atoms with Crippen LogP contribution in [0.4, 0.5) is 52.7 Å². The zero-order chi connectivity index (χ0) is 104. The van der Waals surface area contributed by atoms with Gasteiger partial charge in [0.05, 0.1) is 22.3 Å². The summed E-state index contributed by atoms with van der Waals surface area (Å²) in [6.45, 7) is 7.02. The molecule has 0 aliphatic carbocycles. The van der Waals surface area contributed by atoms with Crippen molar-refractivity contribution >= 4 is 35.4 Å².